The molecule has 1 aromatic rings. The van der Waals surface area contributed by atoms with E-state index in [1.807, 2.05) is 25.1 Å². The smallest absolute Gasteiger partial charge is 0.236 e. The normalized spacial score (nSPS) is 10.0. The van der Waals surface area contributed by atoms with Crippen molar-refractivity contribution in [2.45, 2.75) is 13.5 Å². The number of hydrogen-bond donors (Lipinski definition) is 1. The van der Waals surface area contributed by atoms with Gasteiger partial charge in [0, 0.05) is 26.3 Å². The van der Waals surface area contributed by atoms with Gasteiger partial charge in [-0.3, -0.25) is 9.78 Å². The summed E-state index contributed by atoms with van der Waals surface area (Å²) in [6.07, 6.45) is 1.75. The van der Waals surface area contributed by atoms with Crippen LogP contribution in [0, 0.1) is 0 Å². The van der Waals surface area contributed by atoms with E-state index < -0.39 is 0 Å². The second-order valence-electron chi connectivity index (χ2n) is 3.33. The Morgan fingerprint density at radius 2 is 2.33 bits per heavy atom. The topological polar surface area (TPSA) is 45.2 Å². The lowest BCUT2D eigenvalue weighted by Crippen LogP contribution is -2.35. The fourth-order valence-corrected chi connectivity index (χ4v) is 1.11. The van der Waals surface area contributed by atoms with E-state index in [9.17, 15) is 4.79 Å². The minimum atomic E-state index is 0.105. The lowest BCUT2D eigenvalue weighted by atomic mass is 10.3. The Morgan fingerprint density at radius 3 is 2.93 bits per heavy atom. The van der Waals surface area contributed by atoms with Crippen LogP contribution in [0.4, 0.5) is 0 Å². The third kappa shape index (κ3) is 4.08. The molecule has 0 bridgehead atoms. The molecule has 0 saturated heterocycles. The number of amides is 1. The zero-order valence-corrected chi connectivity index (χ0v) is 9.23. The molecule has 0 aromatic carbocycles. The summed E-state index contributed by atoms with van der Waals surface area (Å²) < 4.78 is 0. The molecule has 0 aliphatic rings. The summed E-state index contributed by atoms with van der Waals surface area (Å²) in [4.78, 5) is 17.2. The number of nitrogens with zero attached hydrogens (tertiary/aromatic N) is 2. The molecule has 0 aliphatic heterocycles. The highest BCUT2D eigenvalue weighted by molar-refractivity contribution is 5.77. The average Bonchev–Trinajstić information content (AvgIpc) is 2.29. The highest BCUT2D eigenvalue weighted by Gasteiger charge is 2.04. The Labute approximate surface area is 90.3 Å². The van der Waals surface area contributed by atoms with Crippen LogP contribution in [0.5, 0.6) is 0 Å². The first-order valence-electron chi connectivity index (χ1n) is 5.08. The van der Waals surface area contributed by atoms with Gasteiger partial charge in [-0.25, -0.2) is 0 Å². The molecule has 1 heterocycles. The van der Waals surface area contributed by atoms with Crippen LogP contribution in [0.2, 0.25) is 0 Å². The van der Waals surface area contributed by atoms with Crippen LogP contribution in [-0.4, -0.2) is 35.9 Å². The maximum atomic E-state index is 11.4. The van der Waals surface area contributed by atoms with Crippen molar-refractivity contribution < 1.29 is 4.79 Å². The number of carbonyl (C=O) groups is 1. The van der Waals surface area contributed by atoms with E-state index in [1.54, 1.807) is 18.1 Å². The summed E-state index contributed by atoms with van der Waals surface area (Å²) in [5, 5.41) is 3.06. The SMILES string of the molecule is CCN(C)C(=O)CNCc1ccccn1. The number of nitrogens with one attached hydrogen (secondary N) is 1. The van der Waals surface area contributed by atoms with E-state index in [0.29, 0.717) is 13.1 Å². The van der Waals surface area contributed by atoms with Crippen molar-refractivity contribution in [3.8, 4) is 0 Å². The molecule has 0 aliphatic carbocycles. The van der Waals surface area contributed by atoms with Crippen molar-refractivity contribution in [3.05, 3.63) is 30.1 Å². The fraction of sp³-hybridized carbons (Fsp3) is 0.455. The zero-order chi connectivity index (χ0) is 11.1. The van der Waals surface area contributed by atoms with Gasteiger partial charge in [0.25, 0.3) is 0 Å². The summed E-state index contributed by atoms with van der Waals surface area (Å²) in [5.74, 6) is 0.105. The molecule has 82 valence electrons. The van der Waals surface area contributed by atoms with Crippen LogP contribution in [0.25, 0.3) is 0 Å². The van der Waals surface area contributed by atoms with Crippen molar-refractivity contribution >= 4 is 5.91 Å². The van der Waals surface area contributed by atoms with Gasteiger partial charge in [-0.2, -0.15) is 0 Å². The first-order chi connectivity index (χ1) is 7.24. The van der Waals surface area contributed by atoms with Gasteiger partial charge >= 0.3 is 0 Å². The molecule has 0 fully saturated rings. The van der Waals surface area contributed by atoms with E-state index in [0.717, 1.165) is 12.2 Å². The Kier molecular flexibility index (Phi) is 4.77. The highest BCUT2D eigenvalue weighted by Crippen LogP contribution is 1.91. The molecule has 0 radical (unpaired) electrons. The van der Waals surface area contributed by atoms with Gasteiger partial charge in [-0.15, -0.1) is 0 Å². The summed E-state index contributed by atoms with van der Waals surface area (Å²) in [6, 6.07) is 5.74. The summed E-state index contributed by atoms with van der Waals surface area (Å²) >= 11 is 0. The standard InChI is InChI=1S/C11H17N3O/c1-3-14(2)11(15)9-12-8-10-6-4-5-7-13-10/h4-7,12H,3,8-9H2,1-2H3. The van der Waals surface area contributed by atoms with Crippen molar-refractivity contribution in [1.29, 1.82) is 0 Å². The Balaban J connectivity index is 2.25. The van der Waals surface area contributed by atoms with Gasteiger partial charge in [0.05, 0.1) is 12.2 Å². The third-order valence-electron chi connectivity index (χ3n) is 2.21. The second-order valence-corrected chi connectivity index (χ2v) is 3.33. The molecule has 0 unspecified atom stereocenters. The number of pyridine rings is 1. The molecular weight excluding hydrogens is 190 g/mol. The van der Waals surface area contributed by atoms with Crippen LogP contribution < -0.4 is 5.32 Å². The van der Waals surface area contributed by atoms with E-state index in [-0.39, 0.29) is 5.91 Å². The quantitative estimate of drug-likeness (QED) is 0.771. The summed E-state index contributed by atoms with van der Waals surface area (Å²) in [6.45, 7) is 3.69. The number of aromatic nitrogens is 1. The van der Waals surface area contributed by atoms with Crippen molar-refractivity contribution in [2.75, 3.05) is 20.1 Å². The van der Waals surface area contributed by atoms with Crippen molar-refractivity contribution in [1.82, 2.24) is 15.2 Å². The molecular formula is C11H17N3O. The lowest BCUT2D eigenvalue weighted by molar-refractivity contribution is -0.128. The molecule has 1 amide bonds. The number of hydrogen-bond acceptors (Lipinski definition) is 3. The van der Waals surface area contributed by atoms with Crippen LogP contribution in [-0.2, 0) is 11.3 Å². The average molecular weight is 207 g/mol. The number of carbonyl (C=O) groups excluding carboxylic acids is 1. The van der Waals surface area contributed by atoms with Crippen LogP contribution in [0.1, 0.15) is 12.6 Å². The van der Waals surface area contributed by atoms with Gasteiger partial charge < -0.3 is 10.2 Å². The van der Waals surface area contributed by atoms with E-state index in [2.05, 4.69) is 10.3 Å². The Bertz CT molecular complexity index is 300. The van der Waals surface area contributed by atoms with Gasteiger partial charge in [0.1, 0.15) is 0 Å². The predicted octanol–water partition coefficient (Wildman–Crippen LogP) is 0.649. The van der Waals surface area contributed by atoms with E-state index >= 15 is 0 Å². The van der Waals surface area contributed by atoms with Gasteiger partial charge in [0.15, 0.2) is 0 Å². The summed E-state index contributed by atoms with van der Waals surface area (Å²) in [7, 11) is 1.80. The predicted molar refractivity (Wildman–Crippen MR) is 59.3 cm³/mol. The highest BCUT2D eigenvalue weighted by atomic mass is 16.2. The van der Waals surface area contributed by atoms with Crippen LogP contribution in [0.3, 0.4) is 0 Å². The third-order valence-corrected chi connectivity index (χ3v) is 2.21. The van der Waals surface area contributed by atoms with Gasteiger partial charge in [-0.05, 0) is 19.1 Å². The summed E-state index contributed by atoms with van der Waals surface area (Å²) in [5.41, 5.74) is 0.949. The molecule has 1 rings (SSSR count). The maximum absolute atomic E-state index is 11.4. The number of likely N-dealkylation sites (N-methyl/N-ethyl adjacent to an activating group) is 1. The zero-order valence-electron chi connectivity index (χ0n) is 9.23. The van der Waals surface area contributed by atoms with E-state index in [4.69, 9.17) is 0 Å². The first-order valence-corrected chi connectivity index (χ1v) is 5.08. The minimum absolute atomic E-state index is 0.105. The van der Waals surface area contributed by atoms with E-state index in [1.165, 1.54) is 0 Å². The molecule has 0 saturated carbocycles. The largest absolute Gasteiger partial charge is 0.345 e. The van der Waals surface area contributed by atoms with Crippen molar-refractivity contribution in [3.63, 3.8) is 0 Å². The second kappa shape index (κ2) is 6.14. The monoisotopic (exact) mass is 207 g/mol. The van der Waals surface area contributed by atoms with Crippen LogP contribution in [0.15, 0.2) is 24.4 Å². The van der Waals surface area contributed by atoms with Gasteiger partial charge in [-0.1, -0.05) is 6.07 Å². The molecule has 4 heteroatoms. The Hall–Kier alpha value is -1.42. The van der Waals surface area contributed by atoms with Crippen LogP contribution >= 0.6 is 0 Å². The first kappa shape index (κ1) is 11.7. The molecule has 0 atom stereocenters. The molecule has 0 spiro atoms. The number of rotatable bonds is 5. The molecule has 4 nitrogen and oxygen atoms in total. The molecule has 15 heavy (non-hydrogen) atoms. The van der Waals surface area contributed by atoms with Crippen molar-refractivity contribution in [2.24, 2.45) is 0 Å². The Morgan fingerprint density at radius 1 is 1.53 bits per heavy atom. The minimum Gasteiger partial charge on any atom is -0.345 e. The fourth-order valence-electron chi connectivity index (χ4n) is 1.11. The molecule has 1 aromatic heterocycles. The van der Waals surface area contributed by atoms with Gasteiger partial charge in [0.2, 0.25) is 5.91 Å². The molecule has 1 N–H and O–H groups in total. The maximum Gasteiger partial charge on any atom is 0.236 e. The lowest BCUT2D eigenvalue weighted by Gasteiger charge is -2.14.